The van der Waals surface area contributed by atoms with Crippen molar-refractivity contribution in [1.29, 1.82) is 0 Å². The number of piperidine rings is 1. The van der Waals surface area contributed by atoms with Gasteiger partial charge in [0.05, 0.1) is 18.9 Å². The molecule has 2 aromatic rings. The Labute approximate surface area is 139 Å². The summed E-state index contributed by atoms with van der Waals surface area (Å²) < 4.78 is 6.46. The zero-order valence-electron chi connectivity index (χ0n) is 13.3. The highest BCUT2D eigenvalue weighted by Crippen LogP contribution is 2.22. The predicted octanol–water partition coefficient (Wildman–Crippen LogP) is 1.01. The molecule has 3 rings (SSSR count). The minimum Gasteiger partial charge on any atom is -0.467 e. The molecule has 1 amide bonds. The number of aromatic nitrogens is 2. The fourth-order valence-corrected chi connectivity index (χ4v) is 2.89. The van der Waals surface area contributed by atoms with Crippen molar-refractivity contribution in [2.24, 2.45) is 0 Å². The van der Waals surface area contributed by atoms with Crippen molar-refractivity contribution >= 4 is 11.9 Å². The molecule has 1 saturated heterocycles. The maximum Gasteiger partial charge on any atom is 0.328 e. The van der Waals surface area contributed by atoms with E-state index in [0.717, 1.165) is 5.69 Å². The topological polar surface area (TPSA) is 84.7 Å². The first-order valence-corrected chi connectivity index (χ1v) is 7.77. The third kappa shape index (κ3) is 3.16. The van der Waals surface area contributed by atoms with Crippen molar-refractivity contribution in [3.05, 3.63) is 48.3 Å². The van der Waals surface area contributed by atoms with E-state index in [9.17, 15) is 14.7 Å². The van der Waals surface area contributed by atoms with E-state index in [-0.39, 0.29) is 12.3 Å². The van der Waals surface area contributed by atoms with Crippen LogP contribution in [0.2, 0.25) is 0 Å². The molecular formula is C17H19N3O4. The van der Waals surface area contributed by atoms with Crippen molar-refractivity contribution in [2.45, 2.75) is 25.0 Å². The Hall–Kier alpha value is -2.67. The summed E-state index contributed by atoms with van der Waals surface area (Å²) in [5, 5.41) is 13.9. The van der Waals surface area contributed by atoms with Crippen LogP contribution in [-0.2, 0) is 9.53 Å². The fourth-order valence-electron chi connectivity index (χ4n) is 2.89. The molecule has 0 spiro atoms. The molecule has 126 valence electrons. The Kier molecular flexibility index (Phi) is 4.61. The first-order chi connectivity index (χ1) is 11.6. The molecule has 1 aromatic carbocycles. The van der Waals surface area contributed by atoms with E-state index in [1.807, 2.05) is 12.3 Å². The van der Waals surface area contributed by atoms with Crippen molar-refractivity contribution in [1.82, 2.24) is 14.7 Å². The normalized spacial score (nSPS) is 20.7. The monoisotopic (exact) mass is 329 g/mol. The predicted molar refractivity (Wildman–Crippen MR) is 85.6 cm³/mol. The minimum absolute atomic E-state index is 0.198. The van der Waals surface area contributed by atoms with Gasteiger partial charge in [-0.3, -0.25) is 4.79 Å². The van der Waals surface area contributed by atoms with E-state index in [1.54, 1.807) is 35.1 Å². The maximum absolute atomic E-state index is 12.7. The second-order valence-electron chi connectivity index (χ2n) is 5.71. The summed E-state index contributed by atoms with van der Waals surface area (Å²) in [7, 11) is 1.28. The van der Waals surface area contributed by atoms with Crippen LogP contribution in [0.15, 0.2) is 42.7 Å². The number of hydrogen-bond acceptors (Lipinski definition) is 5. The summed E-state index contributed by atoms with van der Waals surface area (Å²) >= 11 is 0. The fraction of sp³-hybridized carbons (Fsp3) is 0.353. The molecular weight excluding hydrogens is 310 g/mol. The lowest BCUT2D eigenvalue weighted by atomic mass is 9.98. The zero-order valence-corrected chi connectivity index (χ0v) is 13.3. The summed E-state index contributed by atoms with van der Waals surface area (Å²) in [6, 6.07) is 8.08. The van der Waals surface area contributed by atoms with Crippen molar-refractivity contribution < 1.29 is 19.4 Å². The Morgan fingerprint density at radius 3 is 2.67 bits per heavy atom. The third-order valence-electron chi connectivity index (χ3n) is 4.19. The number of aliphatic hydroxyl groups is 1. The molecule has 7 heteroatoms. The highest BCUT2D eigenvalue weighted by molar-refractivity contribution is 5.97. The molecule has 0 saturated carbocycles. The minimum atomic E-state index is -0.753. The number of hydrogen-bond donors (Lipinski definition) is 1. The van der Waals surface area contributed by atoms with Gasteiger partial charge in [-0.25, -0.2) is 9.48 Å². The van der Waals surface area contributed by atoms with Crippen LogP contribution in [0.1, 0.15) is 23.2 Å². The first kappa shape index (κ1) is 16.2. The lowest BCUT2D eigenvalue weighted by Crippen LogP contribution is -2.51. The Morgan fingerprint density at radius 2 is 2.04 bits per heavy atom. The average Bonchev–Trinajstić information content (AvgIpc) is 3.15. The molecule has 2 heterocycles. The van der Waals surface area contributed by atoms with Gasteiger partial charge in [-0.15, -0.1) is 0 Å². The van der Waals surface area contributed by atoms with Crippen LogP contribution in [0.5, 0.6) is 0 Å². The van der Waals surface area contributed by atoms with Crippen LogP contribution in [0.25, 0.3) is 5.69 Å². The molecule has 7 nitrogen and oxygen atoms in total. The van der Waals surface area contributed by atoms with Crippen molar-refractivity contribution in [3.8, 4) is 5.69 Å². The van der Waals surface area contributed by atoms with Crippen LogP contribution in [0, 0.1) is 0 Å². The third-order valence-corrected chi connectivity index (χ3v) is 4.19. The maximum atomic E-state index is 12.7. The highest BCUT2D eigenvalue weighted by Gasteiger charge is 2.36. The van der Waals surface area contributed by atoms with Gasteiger partial charge in [0.15, 0.2) is 0 Å². The summed E-state index contributed by atoms with van der Waals surface area (Å²) in [4.78, 5) is 26.2. The molecule has 0 unspecified atom stereocenters. The van der Waals surface area contributed by atoms with Gasteiger partial charge < -0.3 is 14.7 Å². The number of ether oxygens (including phenoxy) is 1. The standard InChI is InChI=1S/C17H19N3O4/c1-24-17(23)15-11-14(21)7-10-19(15)16(22)12-3-5-13(6-4-12)20-9-2-8-18-20/h2-6,8-9,14-15,21H,7,10-11H2,1H3/t14-,15+/m1/s1. The van der Waals surface area contributed by atoms with Crippen LogP contribution < -0.4 is 0 Å². The smallest absolute Gasteiger partial charge is 0.328 e. The van der Waals surface area contributed by atoms with Crippen LogP contribution >= 0.6 is 0 Å². The largest absolute Gasteiger partial charge is 0.467 e. The summed E-state index contributed by atoms with van der Waals surface area (Å²) in [5.74, 6) is -0.750. The Bertz CT molecular complexity index is 712. The van der Waals surface area contributed by atoms with Gasteiger partial charge >= 0.3 is 5.97 Å². The molecule has 0 aliphatic carbocycles. The number of carbonyl (C=O) groups excluding carboxylic acids is 2. The molecule has 1 aromatic heterocycles. The Morgan fingerprint density at radius 1 is 1.29 bits per heavy atom. The molecule has 0 radical (unpaired) electrons. The van der Waals surface area contributed by atoms with Crippen molar-refractivity contribution in [3.63, 3.8) is 0 Å². The lowest BCUT2D eigenvalue weighted by molar-refractivity contribution is -0.148. The van der Waals surface area contributed by atoms with E-state index >= 15 is 0 Å². The van der Waals surface area contributed by atoms with Gasteiger partial charge in [-0.2, -0.15) is 5.10 Å². The van der Waals surface area contributed by atoms with Gasteiger partial charge in [-0.05, 0) is 36.8 Å². The number of esters is 1. The summed E-state index contributed by atoms with van der Waals surface area (Å²) in [6.07, 6.45) is 3.55. The molecule has 24 heavy (non-hydrogen) atoms. The number of rotatable bonds is 3. The van der Waals surface area contributed by atoms with Gasteiger partial charge in [-0.1, -0.05) is 0 Å². The number of benzene rings is 1. The SMILES string of the molecule is COC(=O)[C@@H]1C[C@H](O)CCN1C(=O)c1ccc(-n2cccn2)cc1. The molecule has 1 aliphatic rings. The van der Waals surface area contributed by atoms with Gasteiger partial charge in [0.25, 0.3) is 5.91 Å². The van der Waals surface area contributed by atoms with E-state index in [1.165, 1.54) is 12.0 Å². The number of amides is 1. The number of likely N-dealkylation sites (tertiary alicyclic amines) is 1. The molecule has 1 aliphatic heterocycles. The van der Waals surface area contributed by atoms with E-state index in [0.29, 0.717) is 18.5 Å². The number of carbonyl (C=O) groups is 2. The lowest BCUT2D eigenvalue weighted by Gasteiger charge is -2.36. The Balaban J connectivity index is 1.80. The second-order valence-corrected chi connectivity index (χ2v) is 5.71. The molecule has 1 fully saturated rings. The average molecular weight is 329 g/mol. The molecule has 1 N–H and O–H groups in total. The quantitative estimate of drug-likeness (QED) is 0.850. The molecule has 2 atom stereocenters. The first-order valence-electron chi connectivity index (χ1n) is 7.77. The van der Waals surface area contributed by atoms with Gasteiger partial charge in [0.1, 0.15) is 6.04 Å². The van der Waals surface area contributed by atoms with Crippen LogP contribution in [0.3, 0.4) is 0 Å². The summed E-state index contributed by atoms with van der Waals surface area (Å²) in [5.41, 5.74) is 1.33. The van der Waals surface area contributed by atoms with Gasteiger partial charge in [0.2, 0.25) is 0 Å². The van der Waals surface area contributed by atoms with E-state index in [4.69, 9.17) is 4.74 Å². The number of nitrogens with zero attached hydrogens (tertiary/aromatic N) is 3. The van der Waals surface area contributed by atoms with E-state index < -0.39 is 18.1 Å². The second kappa shape index (κ2) is 6.84. The number of methoxy groups -OCH3 is 1. The van der Waals surface area contributed by atoms with E-state index in [2.05, 4.69) is 5.10 Å². The number of aliphatic hydroxyl groups excluding tert-OH is 1. The highest BCUT2D eigenvalue weighted by atomic mass is 16.5. The molecule has 0 bridgehead atoms. The van der Waals surface area contributed by atoms with Crippen molar-refractivity contribution in [2.75, 3.05) is 13.7 Å². The van der Waals surface area contributed by atoms with Crippen LogP contribution in [0.4, 0.5) is 0 Å². The summed E-state index contributed by atoms with van der Waals surface area (Å²) in [6.45, 7) is 0.320. The zero-order chi connectivity index (χ0) is 17.1. The van der Waals surface area contributed by atoms with Gasteiger partial charge in [0, 0.05) is 30.9 Å². The van der Waals surface area contributed by atoms with Crippen LogP contribution in [-0.4, -0.2) is 57.5 Å².